The highest BCUT2D eigenvalue weighted by atomic mass is 14.9. The van der Waals surface area contributed by atoms with Crippen molar-refractivity contribution in [3.63, 3.8) is 0 Å². The Morgan fingerprint density at radius 1 is 1.67 bits per heavy atom. The minimum atomic E-state index is 0.416. The molecule has 0 heterocycles. The number of allylic oxidation sites excluding steroid dienone is 3. The van der Waals surface area contributed by atoms with Crippen LogP contribution in [0.25, 0.3) is 0 Å². The average molecular weight is 163 g/mol. The minimum Gasteiger partial charge on any atom is -0.313 e. The summed E-state index contributed by atoms with van der Waals surface area (Å²) in [6.07, 6.45) is 12.2. The first-order chi connectivity index (χ1) is 5.86. The van der Waals surface area contributed by atoms with E-state index in [0.717, 1.165) is 6.42 Å². The molecule has 66 valence electrons. The molecule has 0 aliphatic heterocycles. The Bertz CT molecular complexity index is 201. The summed E-state index contributed by atoms with van der Waals surface area (Å²) in [5, 5.41) is 3.21. The minimum absolute atomic E-state index is 0.416. The number of likely N-dealkylation sites (N-methyl/N-ethyl adjacent to an activating group) is 1. The SMILES string of the molecule is C=CC(CC1=CCCC=C1)NC. The lowest BCUT2D eigenvalue weighted by molar-refractivity contribution is 0.664. The predicted octanol–water partition coefficient (Wildman–Crippen LogP) is 2.43. The number of nitrogens with one attached hydrogen (secondary N) is 1. The van der Waals surface area contributed by atoms with E-state index in [4.69, 9.17) is 0 Å². The van der Waals surface area contributed by atoms with Gasteiger partial charge < -0.3 is 5.32 Å². The Morgan fingerprint density at radius 2 is 2.50 bits per heavy atom. The van der Waals surface area contributed by atoms with Crippen molar-refractivity contribution in [1.29, 1.82) is 0 Å². The Hall–Kier alpha value is -0.820. The monoisotopic (exact) mass is 163 g/mol. The molecule has 0 amide bonds. The van der Waals surface area contributed by atoms with Crippen LogP contribution in [0.3, 0.4) is 0 Å². The number of hydrogen-bond acceptors (Lipinski definition) is 1. The van der Waals surface area contributed by atoms with Gasteiger partial charge >= 0.3 is 0 Å². The van der Waals surface area contributed by atoms with Gasteiger partial charge in [0.15, 0.2) is 0 Å². The van der Waals surface area contributed by atoms with Gasteiger partial charge in [0, 0.05) is 6.04 Å². The molecule has 1 aliphatic carbocycles. The largest absolute Gasteiger partial charge is 0.313 e. The van der Waals surface area contributed by atoms with E-state index in [1.165, 1.54) is 18.4 Å². The summed E-state index contributed by atoms with van der Waals surface area (Å²) >= 11 is 0. The van der Waals surface area contributed by atoms with Gasteiger partial charge in [-0.05, 0) is 26.3 Å². The van der Waals surface area contributed by atoms with Gasteiger partial charge in [-0.2, -0.15) is 0 Å². The first-order valence-electron chi connectivity index (χ1n) is 4.52. The normalized spacial score (nSPS) is 18.6. The fourth-order valence-electron chi connectivity index (χ4n) is 1.38. The first-order valence-corrected chi connectivity index (χ1v) is 4.52. The molecule has 1 rings (SSSR count). The fourth-order valence-corrected chi connectivity index (χ4v) is 1.38. The van der Waals surface area contributed by atoms with E-state index in [1.54, 1.807) is 0 Å². The van der Waals surface area contributed by atoms with Gasteiger partial charge in [-0.1, -0.05) is 29.9 Å². The molecule has 1 atom stereocenters. The second-order valence-corrected chi connectivity index (χ2v) is 3.09. The van der Waals surface area contributed by atoms with Gasteiger partial charge in [-0.15, -0.1) is 6.58 Å². The van der Waals surface area contributed by atoms with E-state index in [9.17, 15) is 0 Å². The third kappa shape index (κ3) is 2.67. The van der Waals surface area contributed by atoms with E-state index in [-0.39, 0.29) is 0 Å². The van der Waals surface area contributed by atoms with Crippen LogP contribution < -0.4 is 5.32 Å². The Balaban J connectivity index is 2.43. The number of rotatable bonds is 4. The van der Waals surface area contributed by atoms with Crippen LogP contribution in [0.2, 0.25) is 0 Å². The molecule has 0 radical (unpaired) electrons. The van der Waals surface area contributed by atoms with Gasteiger partial charge in [0.25, 0.3) is 0 Å². The van der Waals surface area contributed by atoms with Crippen LogP contribution in [0, 0.1) is 0 Å². The van der Waals surface area contributed by atoms with Crippen molar-refractivity contribution in [3.8, 4) is 0 Å². The summed E-state index contributed by atoms with van der Waals surface area (Å²) < 4.78 is 0. The van der Waals surface area contributed by atoms with Crippen molar-refractivity contribution < 1.29 is 0 Å². The molecule has 0 aromatic carbocycles. The molecule has 0 spiro atoms. The predicted molar refractivity (Wildman–Crippen MR) is 54.1 cm³/mol. The topological polar surface area (TPSA) is 12.0 Å². The summed E-state index contributed by atoms with van der Waals surface area (Å²) in [4.78, 5) is 0. The zero-order valence-electron chi connectivity index (χ0n) is 7.72. The molecule has 0 saturated carbocycles. The first kappa shape index (κ1) is 9.27. The molecule has 1 unspecified atom stereocenters. The van der Waals surface area contributed by atoms with E-state index in [0.29, 0.717) is 6.04 Å². The molecule has 0 aromatic heterocycles. The molecule has 1 N–H and O–H groups in total. The van der Waals surface area contributed by atoms with Crippen molar-refractivity contribution in [2.75, 3.05) is 7.05 Å². The summed E-state index contributed by atoms with van der Waals surface area (Å²) in [6.45, 7) is 3.78. The molecule has 1 heteroatoms. The molecule has 12 heavy (non-hydrogen) atoms. The third-order valence-electron chi connectivity index (χ3n) is 2.18. The lowest BCUT2D eigenvalue weighted by atomic mass is 10.0. The van der Waals surface area contributed by atoms with Gasteiger partial charge in [0.2, 0.25) is 0 Å². The molecule has 0 bridgehead atoms. The van der Waals surface area contributed by atoms with Crippen LogP contribution in [0.5, 0.6) is 0 Å². The third-order valence-corrected chi connectivity index (χ3v) is 2.18. The quantitative estimate of drug-likeness (QED) is 0.628. The highest BCUT2D eigenvalue weighted by Gasteiger charge is 2.03. The molecule has 0 saturated heterocycles. The van der Waals surface area contributed by atoms with Crippen molar-refractivity contribution in [2.24, 2.45) is 0 Å². The highest BCUT2D eigenvalue weighted by Crippen LogP contribution is 2.14. The highest BCUT2D eigenvalue weighted by molar-refractivity contribution is 5.23. The van der Waals surface area contributed by atoms with Crippen LogP contribution in [0.4, 0.5) is 0 Å². The Kier molecular flexibility index (Phi) is 3.81. The second kappa shape index (κ2) is 4.94. The molecule has 1 nitrogen and oxygen atoms in total. The average Bonchev–Trinajstić information content (AvgIpc) is 2.16. The van der Waals surface area contributed by atoms with Crippen LogP contribution >= 0.6 is 0 Å². The van der Waals surface area contributed by atoms with Crippen molar-refractivity contribution >= 4 is 0 Å². The zero-order valence-corrected chi connectivity index (χ0v) is 7.72. The van der Waals surface area contributed by atoms with E-state index in [2.05, 4.69) is 30.1 Å². The standard InChI is InChI=1S/C11H17N/c1-3-11(12-2)9-10-7-5-4-6-8-10/h3,5,7-8,11-12H,1,4,6,9H2,2H3. The summed E-state index contributed by atoms with van der Waals surface area (Å²) in [5.74, 6) is 0. The van der Waals surface area contributed by atoms with Gasteiger partial charge in [0.05, 0.1) is 0 Å². The summed E-state index contributed by atoms with van der Waals surface area (Å²) in [7, 11) is 1.97. The molecule has 0 fully saturated rings. The lowest BCUT2D eigenvalue weighted by Crippen LogP contribution is -2.22. The van der Waals surface area contributed by atoms with Crippen LogP contribution in [0.1, 0.15) is 19.3 Å². The maximum Gasteiger partial charge on any atom is 0.0284 e. The van der Waals surface area contributed by atoms with Gasteiger partial charge in [-0.3, -0.25) is 0 Å². The maximum atomic E-state index is 3.78. The van der Waals surface area contributed by atoms with E-state index < -0.39 is 0 Å². The van der Waals surface area contributed by atoms with Crippen LogP contribution in [0.15, 0.2) is 36.5 Å². The van der Waals surface area contributed by atoms with Crippen molar-refractivity contribution in [2.45, 2.75) is 25.3 Å². The molecular formula is C11H17N. The molecular weight excluding hydrogens is 146 g/mol. The maximum absolute atomic E-state index is 3.78. The Labute approximate surface area is 74.9 Å². The zero-order chi connectivity index (χ0) is 8.81. The summed E-state index contributed by atoms with van der Waals surface area (Å²) in [6, 6.07) is 0.416. The van der Waals surface area contributed by atoms with Gasteiger partial charge in [0.1, 0.15) is 0 Å². The van der Waals surface area contributed by atoms with Crippen LogP contribution in [-0.2, 0) is 0 Å². The Morgan fingerprint density at radius 3 is 3.00 bits per heavy atom. The lowest BCUT2D eigenvalue weighted by Gasteiger charge is -2.13. The smallest absolute Gasteiger partial charge is 0.0284 e. The van der Waals surface area contributed by atoms with E-state index >= 15 is 0 Å². The van der Waals surface area contributed by atoms with Gasteiger partial charge in [-0.25, -0.2) is 0 Å². The molecule has 0 aromatic rings. The summed E-state index contributed by atoms with van der Waals surface area (Å²) in [5.41, 5.74) is 1.43. The van der Waals surface area contributed by atoms with Crippen molar-refractivity contribution in [3.05, 3.63) is 36.5 Å². The van der Waals surface area contributed by atoms with Crippen LogP contribution in [-0.4, -0.2) is 13.1 Å². The number of hydrogen-bond donors (Lipinski definition) is 1. The molecule has 1 aliphatic rings. The van der Waals surface area contributed by atoms with Crippen molar-refractivity contribution in [1.82, 2.24) is 5.32 Å². The van der Waals surface area contributed by atoms with E-state index in [1.807, 2.05) is 13.1 Å². The second-order valence-electron chi connectivity index (χ2n) is 3.09. The fraction of sp³-hybridized carbons (Fsp3) is 0.455.